The molecule has 2 amide bonds. The van der Waals surface area contributed by atoms with E-state index in [0.29, 0.717) is 58.5 Å². The Morgan fingerprint density at radius 3 is 2.33 bits per heavy atom. The lowest BCUT2D eigenvalue weighted by molar-refractivity contribution is 0.176. The fraction of sp³-hybridized carbons (Fsp3) is 0.323. The van der Waals surface area contributed by atoms with Crippen LogP contribution in [0, 0.1) is 5.92 Å². The van der Waals surface area contributed by atoms with Crippen molar-refractivity contribution >= 4 is 22.6 Å². The highest BCUT2D eigenvalue weighted by Gasteiger charge is 2.30. The summed E-state index contributed by atoms with van der Waals surface area (Å²) in [5.41, 5.74) is 1.61. The van der Waals surface area contributed by atoms with Crippen LogP contribution in [0.1, 0.15) is 45.5 Å². The molecule has 0 aliphatic carbocycles. The van der Waals surface area contributed by atoms with Crippen molar-refractivity contribution in [2.24, 2.45) is 5.92 Å². The van der Waals surface area contributed by atoms with Gasteiger partial charge in [0.05, 0.1) is 36.9 Å². The number of fused-ring (bicyclic) bond motifs is 1. The number of aromatic nitrogens is 2. The number of benzene rings is 3. The van der Waals surface area contributed by atoms with Crippen molar-refractivity contribution in [1.82, 2.24) is 14.5 Å². The molecule has 0 radical (unpaired) electrons. The first kappa shape index (κ1) is 27.7. The first-order valence-corrected chi connectivity index (χ1v) is 13.2. The predicted octanol–water partition coefficient (Wildman–Crippen LogP) is 6.43. The SMILES string of the molecule is CCC(c1nc2ccccc2c(=O)n1-c1ccccc1OC)N(CCC(C)C)C(=O)Nc1ccc(OC)cc1. The predicted molar refractivity (Wildman–Crippen MR) is 155 cm³/mol. The van der Waals surface area contributed by atoms with E-state index in [1.54, 1.807) is 54.0 Å². The molecule has 0 saturated heterocycles. The van der Waals surface area contributed by atoms with Crippen molar-refractivity contribution in [3.8, 4) is 17.2 Å². The van der Waals surface area contributed by atoms with Crippen LogP contribution in [0.4, 0.5) is 10.5 Å². The summed E-state index contributed by atoms with van der Waals surface area (Å²) in [4.78, 5) is 34.6. The number of carbonyl (C=O) groups excluding carboxylic acids is 1. The average Bonchev–Trinajstić information content (AvgIpc) is 2.95. The van der Waals surface area contributed by atoms with Gasteiger partial charge in [0.25, 0.3) is 5.56 Å². The summed E-state index contributed by atoms with van der Waals surface area (Å²) < 4.78 is 12.5. The Bertz CT molecular complexity index is 1480. The normalized spacial score (nSPS) is 11.8. The zero-order chi connectivity index (χ0) is 27.9. The lowest BCUT2D eigenvalue weighted by atomic mass is 10.1. The second kappa shape index (κ2) is 12.5. The van der Waals surface area contributed by atoms with Crippen LogP contribution in [0.3, 0.4) is 0 Å². The van der Waals surface area contributed by atoms with E-state index >= 15 is 0 Å². The van der Waals surface area contributed by atoms with E-state index in [1.807, 2.05) is 49.4 Å². The molecule has 3 aromatic carbocycles. The molecule has 8 nitrogen and oxygen atoms in total. The minimum absolute atomic E-state index is 0.210. The maximum atomic E-state index is 14.0. The van der Waals surface area contributed by atoms with E-state index < -0.39 is 6.04 Å². The number of nitrogens with one attached hydrogen (secondary N) is 1. The lowest BCUT2D eigenvalue weighted by Crippen LogP contribution is -2.41. The van der Waals surface area contributed by atoms with Gasteiger partial charge in [0, 0.05) is 12.2 Å². The van der Waals surface area contributed by atoms with Gasteiger partial charge in [0.1, 0.15) is 17.3 Å². The summed E-state index contributed by atoms with van der Waals surface area (Å²) in [7, 11) is 3.18. The van der Waals surface area contributed by atoms with Crippen molar-refractivity contribution in [3.05, 3.63) is 89.0 Å². The number of anilines is 1. The molecule has 1 atom stereocenters. The number of carbonyl (C=O) groups is 1. The number of urea groups is 1. The number of methoxy groups -OCH3 is 2. The summed E-state index contributed by atoms with van der Waals surface area (Å²) in [5.74, 6) is 2.11. The molecule has 39 heavy (non-hydrogen) atoms. The van der Waals surface area contributed by atoms with Crippen LogP contribution in [0.2, 0.25) is 0 Å². The van der Waals surface area contributed by atoms with Gasteiger partial charge in [-0.05, 0) is 67.3 Å². The Balaban J connectivity index is 1.87. The Kier molecular flexibility index (Phi) is 8.86. The number of ether oxygens (including phenoxy) is 2. The standard InChI is InChI=1S/C31H36N4O4/c1-6-26(34(20-19-21(2)3)31(37)32-22-15-17-23(38-4)18-16-22)29-33-25-12-8-7-11-24(25)30(36)35(29)27-13-9-10-14-28(27)39-5/h7-18,21,26H,6,19-20H2,1-5H3,(H,32,37). The van der Waals surface area contributed by atoms with Crippen LogP contribution in [0.25, 0.3) is 16.6 Å². The number of nitrogens with zero attached hydrogens (tertiary/aromatic N) is 3. The van der Waals surface area contributed by atoms with Gasteiger partial charge >= 0.3 is 6.03 Å². The molecule has 0 saturated carbocycles. The summed E-state index contributed by atoms with van der Waals surface area (Å²) in [6.07, 6.45) is 1.34. The summed E-state index contributed by atoms with van der Waals surface area (Å²) >= 11 is 0. The second-order valence-electron chi connectivity index (χ2n) is 9.76. The molecule has 1 aromatic heterocycles. The quantitative estimate of drug-likeness (QED) is 0.256. The third kappa shape index (κ3) is 6.06. The number of rotatable bonds is 10. The Morgan fingerprint density at radius 1 is 0.974 bits per heavy atom. The van der Waals surface area contributed by atoms with Crippen LogP contribution >= 0.6 is 0 Å². The van der Waals surface area contributed by atoms with Crippen LogP contribution in [0.5, 0.6) is 11.5 Å². The molecule has 204 valence electrons. The van der Waals surface area contributed by atoms with Gasteiger partial charge in [-0.1, -0.05) is 45.0 Å². The molecular formula is C31H36N4O4. The van der Waals surface area contributed by atoms with E-state index in [9.17, 15) is 9.59 Å². The van der Waals surface area contributed by atoms with Gasteiger partial charge in [-0.25, -0.2) is 9.78 Å². The first-order valence-electron chi connectivity index (χ1n) is 13.2. The van der Waals surface area contributed by atoms with Gasteiger partial charge in [-0.15, -0.1) is 0 Å². The zero-order valence-corrected chi connectivity index (χ0v) is 23.2. The van der Waals surface area contributed by atoms with E-state index in [0.717, 1.165) is 6.42 Å². The van der Waals surface area contributed by atoms with Gasteiger partial charge in [0.2, 0.25) is 0 Å². The maximum absolute atomic E-state index is 14.0. The highest BCUT2D eigenvalue weighted by atomic mass is 16.5. The molecule has 4 aromatic rings. The summed E-state index contributed by atoms with van der Waals surface area (Å²) in [6, 6.07) is 21.1. The largest absolute Gasteiger partial charge is 0.497 e. The van der Waals surface area contributed by atoms with Crippen molar-refractivity contribution in [2.75, 3.05) is 26.1 Å². The Hall–Kier alpha value is -4.33. The van der Waals surface area contributed by atoms with Gasteiger partial charge in [-0.3, -0.25) is 9.36 Å². The van der Waals surface area contributed by atoms with Crippen molar-refractivity contribution in [2.45, 2.75) is 39.7 Å². The second-order valence-corrected chi connectivity index (χ2v) is 9.76. The number of hydrogen-bond donors (Lipinski definition) is 1. The van der Waals surface area contributed by atoms with E-state index in [1.165, 1.54) is 0 Å². The molecule has 1 unspecified atom stereocenters. The topological polar surface area (TPSA) is 85.7 Å². The smallest absolute Gasteiger partial charge is 0.322 e. The van der Waals surface area contributed by atoms with E-state index in [2.05, 4.69) is 19.2 Å². The van der Waals surface area contributed by atoms with Crippen LogP contribution in [-0.4, -0.2) is 41.2 Å². The van der Waals surface area contributed by atoms with Crippen LogP contribution < -0.4 is 20.3 Å². The number of para-hydroxylation sites is 3. The van der Waals surface area contributed by atoms with Crippen LogP contribution in [0.15, 0.2) is 77.6 Å². The molecule has 1 heterocycles. The molecule has 0 fully saturated rings. The molecular weight excluding hydrogens is 492 g/mol. The van der Waals surface area contributed by atoms with Crippen molar-refractivity contribution in [3.63, 3.8) is 0 Å². The van der Waals surface area contributed by atoms with E-state index in [-0.39, 0.29) is 11.6 Å². The average molecular weight is 529 g/mol. The molecule has 0 bridgehead atoms. The maximum Gasteiger partial charge on any atom is 0.322 e. The summed E-state index contributed by atoms with van der Waals surface area (Å²) in [6.45, 7) is 6.74. The minimum Gasteiger partial charge on any atom is -0.497 e. The fourth-order valence-electron chi connectivity index (χ4n) is 4.63. The third-order valence-electron chi connectivity index (χ3n) is 6.74. The fourth-order valence-corrected chi connectivity index (χ4v) is 4.63. The van der Waals surface area contributed by atoms with Crippen LogP contribution in [-0.2, 0) is 0 Å². The minimum atomic E-state index is -0.482. The number of hydrogen-bond acceptors (Lipinski definition) is 5. The Labute approximate surface area is 229 Å². The van der Waals surface area contributed by atoms with E-state index in [4.69, 9.17) is 14.5 Å². The Morgan fingerprint density at radius 2 is 1.67 bits per heavy atom. The molecule has 4 rings (SSSR count). The van der Waals surface area contributed by atoms with Gasteiger partial charge < -0.3 is 19.7 Å². The summed E-state index contributed by atoms with van der Waals surface area (Å²) in [5, 5.41) is 3.53. The lowest BCUT2D eigenvalue weighted by Gasteiger charge is -2.33. The zero-order valence-electron chi connectivity index (χ0n) is 23.2. The van der Waals surface area contributed by atoms with Crippen molar-refractivity contribution < 1.29 is 14.3 Å². The van der Waals surface area contributed by atoms with Crippen molar-refractivity contribution in [1.29, 1.82) is 0 Å². The molecule has 0 aliphatic heterocycles. The monoisotopic (exact) mass is 528 g/mol. The highest BCUT2D eigenvalue weighted by Crippen LogP contribution is 2.30. The molecule has 1 N–H and O–H groups in total. The molecule has 8 heteroatoms. The number of amides is 2. The highest BCUT2D eigenvalue weighted by molar-refractivity contribution is 5.89. The third-order valence-corrected chi connectivity index (χ3v) is 6.74. The first-order chi connectivity index (χ1) is 18.9. The molecule has 0 spiro atoms. The van der Waals surface area contributed by atoms with Gasteiger partial charge in [-0.2, -0.15) is 0 Å². The van der Waals surface area contributed by atoms with Gasteiger partial charge in [0.15, 0.2) is 0 Å². The molecule has 0 aliphatic rings.